The van der Waals surface area contributed by atoms with Crippen molar-refractivity contribution in [2.24, 2.45) is 17.8 Å². The molecule has 0 N–H and O–H groups in total. The molecule has 1 aromatic carbocycles. The van der Waals surface area contributed by atoms with Gasteiger partial charge in [-0.05, 0) is 55.6 Å². The molecule has 1 amide bonds. The standard InChI is InChI=1S/C24H29N5O2/c1-2-24(30)28-12-19-9-22(23(10-20(19)13-28)31-15-17-3-4-17)29-14-21(26-27-29)18-7-5-16(11-25)6-8-18/h5-8,14,17,19-20,22-23H,2-4,9-10,12-13,15H2,1H3/t19-,20+,22-,23-/m1/s1. The smallest absolute Gasteiger partial charge is 0.222 e. The van der Waals surface area contributed by atoms with Crippen molar-refractivity contribution in [1.82, 2.24) is 19.9 Å². The molecule has 0 radical (unpaired) electrons. The zero-order valence-electron chi connectivity index (χ0n) is 18.0. The quantitative estimate of drug-likeness (QED) is 0.716. The average molecular weight is 420 g/mol. The zero-order chi connectivity index (χ0) is 21.4. The number of nitrogens with zero attached hydrogens (tertiary/aromatic N) is 5. The Morgan fingerprint density at radius 2 is 1.94 bits per heavy atom. The van der Waals surface area contributed by atoms with Crippen molar-refractivity contribution in [1.29, 1.82) is 5.26 Å². The lowest BCUT2D eigenvalue weighted by Crippen LogP contribution is -2.38. The molecule has 3 fully saturated rings. The van der Waals surface area contributed by atoms with E-state index in [2.05, 4.69) is 16.4 Å². The van der Waals surface area contributed by atoms with E-state index in [1.54, 1.807) is 12.1 Å². The largest absolute Gasteiger partial charge is 0.376 e. The van der Waals surface area contributed by atoms with Gasteiger partial charge in [-0.1, -0.05) is 24.3 Å². The molecule has 31 heavy (non-hydrogen) atoms. The molecule has 2 heterocycles. The number of benzene rings is 1. The van der Waals surface area contributed by atoms with Crippen LogP contribution in [-0.4, -0.2) is 51.6 Å². The second kappa shape index (κ2) is 8.43. The van der Waals surface area contributed by atoms with E-state index in [9.17, 15) is 4.79 Å². The Balaban J connectivity index is 1.35. The Hall–Kier alpha value is -2.72. The van der Waals surface area contributed by atoms with Gasteiger partial charge in [0, 0.05) is 31.7 Å². The predicted octanol–water partition coefficient (Wildman–Crippen LogP) is 3.43. The number of fused-ring (bicyclic) bond motifs is 1. The molecule has 0 unspecified atom stereocenters. The minimum atomic E-state index is 0.106. The number of aromatic nitrogens is 3. The van der Waals surface area contributed by atoms with Crippen LogP contribution in [0.5, 0.6) is 0 Å². The topological polar surface area (TPSA) is 84.0 Å². The third-order valence-corrected chi connectivity index (χ3v) is 7.14. The van der Waals surface area contributed by atoms with Crippen LogP contribution in [-0.2, 0) is 9.53 Å². The van der Waals surface area contributed by atoms with Crippen LogP contribution in [0, 0.1) is 29.1 Å². The van der Waals surface area contributed by atoms with Crippen molar-refractivity contribution < 1.29 is 9.53 Å². The summed E-state index contributed by atoms with van der Waals surface area (Å²) < 4.78 is 8.40. The third-order valence-electron chi connectivity index (χ3n) is 7.14. The molecule has 162 valence electrons. The van der Waals surface area contributed by atoms with Crippen LogP contribution in [0.1, 0.15) is 50.6 Å². The summed E-state index contributed by atoms with van der Waals surface area (Å²) in [6.45, 7) is 4.48. The Kier molecular flexibility index (Phi) is 5.49. The molecule has 1 saturated heterocycles. The van der Waals surface area contributed by atoms with Crippen LogP contribution in [0.4, 0.5) is 0 Å². The second-order valence-electron chi connectivity index (χ2n) is 9.30. The first kappa shape index (κ1) is 20.2. The number of rotatable bonds is 6. The van der Waals surface area contributed by atoms with E-state index in [0.29, 0.717) is 29.7 Å². The number of carbonyl (C=O) groups is 1. The fraction of sp³-hybridized carbons (Fsp3) is 0.583. The summed E-state index contributed by atoms with van der Waals surface area (Å²) in [5, 5.41) is 17.9. The van der Waals surface area contributed by atoms with E-state index in [0.717, 1.165) is 43.8 Å². The maximum atomic E-state index is 12.3. The van der Waals surface area contributed by atoms with Crippen molar-refractivity contribution in [3.05, 3.63) is 36.0 Å². The van der Waals surface area contributed by atoms with Gasteiger partial charge in [-0.25, -0.2) is 4.68 Å². The fourth-order valence-electron chi connectivity index (χ4n) is 5.11. The molecule has 2 aromatic rings. The summed E-state index contributed by atoms with van der Waals surface area (Å²) >= 11 is 0. The molecule has 2 saturated carbocycles. The van der Waals surface area contributed by atoms with Crippen molar-refractivity contribution in [2.45, 2.75) is 51.2 Å². The van der Waals surface area contributed by atoms with Gasteiger partial charge in [0.15, 0.2) is 0 Å². The van der Waals surface area contributed by atoms with E-state index in [-0.39, 0.29) is 18.1 Å². The van der Waals surface area contributed by atoms with E-state index in [4.69, 9.17) is 10.00 Å². The molecule has 1 aromatic heterocycles. The highest BCUT2D eigenvalue weighted by atomic mass is 16.5. The Labute approximate surface area is 183 Å². The SMILES string of the molecule is CCC(=O)N1C[C@H]2C[C@@H](n3cc(-c4ccc(C#N)cc4)nn3)[C@H](OCC3CC3)C[C@H]2C1. The summed E-state index contributed by atoms with van der Waals surface area (Å²) in [4.78, 5) is 14.3. The van der Waals surface area contributed by atoms with Crippen LogP contribution < -0.4 is 0 Å². The molecule has 7 heteroatoms. The molecular weight excluding hydrogens is 390 g/mol. The van der Waals surface area contributed by atoms with Crippen molar-refractivity contribution in [3.63, 3.8) is 0 Å². The third kappa shape index (κ3) is 4.22. The molecule has 0 bridgehead atoms. The fourth-order valence-corrected chi connectivity index (χ4v) is 5.11. The molecule has 5 rings (SSSR count). The van der Waals surface area contributed by atoms with E-state index in [1.165, 1.54) is 12.8 Å². The van der Waals surface area contributed by atoms with E-state index < -0.39 is 0 Å². The summed E-state index contributed by atoms with van der Waals surface area (Å²) in [5.41, 5.74) is 2.40. The average Bonchev–Trinajstić information content (AvgIpc) is 3.34. The lowest BCUT2D eigenvalue weighted by molar-refractivity contribution is -0.130. The summed E-state index contributed by atoms with van der Waals surface area (Å²) in [5.74, 6) is 1.97. The Morgan fingerprint density at radius 1 is 1.19 bits per heavy atom. The van der Waals surface area contributed by atoms with Gasteiger partial charge < -0.3 is 9.64 Å². The lowest BCUT2D eigenvalue weighted by atomic mass is 9.77. The number of amides is 1. The normalized spacial score (nSPS) is 27.7. The van der Waals surface area contributed by atoms with Gasteiger partial charge in [0.25, 0.3) is 0 Å². The summed E-state index contributed by atoms with van der Waals surface area (Å²) in [6, 6.07) is 9.72. The predicted molar refractivity (Wildman–Crippen MR) is 115 cm³/mol. The van der Waals surface area contributed by atoms with Gasteiger partial charge in [-0.2, -0.15) is 5.26 Å². The van der Waals surface area contributed by atoms with E-state index in [1.807, 2.05) is 34.8 Å². The highest BCUT2D eigenvalue weighted by molar-refractivity contribution is 5.76. The van der Waals surface area contributed by atoms with Gasteiger partial charge >= 0.3 is 0 Å². The lowest BCUT2D eigenvalue weighted by Gasteiger charge is -2.37. The number of nitriles is 1. The van der Waals surface area contributed by atoms with Crippen LogP contribution in [0.2, 0.25) is 0 Å². The maximum Gasteiger partial charge on any atom is 0.222 e. The van der Waals surface area contributed by atoms with Crippen molar-refractivity contribution in [2.75, 3.05) is 19.7 Å². The summed E-state index contributed by atoms with van der Waals surface area (Å²) in [6.07, 6.45) is 7.16. The molecule has 0 spiro atoms. The maximum absolute atomic E-state index is 12.3. The number of hydrogen-bond donors (Lipinski definition) is 0. The monoisotopic (exact) mass is 419 g/mol. The van der Waals surface area contributed by atoms with Crippen molar-refractivity contribution in [3.8, 4) is 17.3 Å². The van der Waals surface area contributed by atoms with Crippen molar-refractivity contribution >= 4 is 5.91 Å². The minimum Gasteiger partial charge on any atom is -0.376 e. The number of carbonyl (C=O) groups excluding carboxylic acids is 1. The van der Waals surface area contributed by atoms with Gasteiger partial charge in [0.2, 0.25) is 5.91 Å². The van der Waals surface area contributed by atoms with Crippen LogP contribution in [0.15, 0.2) is 30.5 Å². The second-order valence-corrected chi connectivity index (χ2v) is 9.30. The minimum absolute atomic E-state index is 0.106. The number of ether oxygens (including phenoxy) is 1. The first-order valence-corrected chi connectivity index (χ1v) is 11.5. The summed E-state index contributed by atoms with van der Waals surface area (Å²) in [7, 11) is 0. The van der Waals surface area contributed by atoms with Crippen LogP contribution in [0.25, 0.3) is 11.3 Å². The molecular formula is C24H29N5O2. The Morgan fingerprint density at radius 3 is 2.61 bits per heavy atom. The first-order valence-electron chi connectivity index (χ1n) is 11.5. The van der Waals surface area contributed by atoms with Gasteiger partial charge in [0.05, 0.1) is 30.0 Å². The van der Waals surface area contributed by atoms with E-state index >= 15 is 0 Å². The first-order chi connectivity index (χ1) is 15.1. The Bertz CT molecular complexity index is 975. The van der Waals surface area contributed by atoms with Gasteiger partial charge in [0.1, 0.15) is 5.69 Å². The molecule has 3 aliphatic rings. The molecule has 1 aliphatic heterocycles. The van der Waals surface area contributed by atoms with Crippen LogP contribution >= 0.6 is 0 Å². The van der Waals surface area contributed by atoms with Gasteiger partial charge in [-0.3, -0.25) is 4.79 Å². The highest BCUT2D eigenvalue weighted by Crippen LogP contribution is 2.43. The molecule has 2 aliphatic carbocycles. The zero-order valence-corrected chi connectivity index (χ0v) is 18.0. The van der Waals surface area contributed by atoms with Gasteiger partial charge in [-0.15, -0.1) is 5.10 Å². The molecule has 7 nitrogen and oxygen atoms in total. The van der Waals surface area contributed by atoms with Crippen LogP contribution in [0.3, 0.4) is 0 Å². The molecule has 4 atom stereocenters. The highest BCUT2D eigenvalue weighted by Gasteiger charge is 2.45. The number of likely N-dealkylation sites (tertiary alicyclic amines) is 1. The number of hydrogen-bond acceptors (Lipinski definition) is 5.